The molecular formula is C14H21ClNOS+. The van der Waals surface area contributed by atoms with Crippen LogP contribution in [0.15, 0.2) is 24.3 Å². The quantitative estimate of drug-likeness (QED) is 0.879. The molecule has 2 nitrogen and oxygen atoms in total. The zero-order valence-corrected chi connectivity index (χ0v) is 12.5. The lowest BCUT2D eigenvalue weighted by Gasteiger charge is -2.40. The van der Waals surface area contributed by atoms with E-state index in [2.05, 4.69) is 14.1 Å². The summed E-state index contributed by atoms with van der Waals surface area (Å²) in [5, 5.41) is 11.8. The van der Waals surface area contributed by atoms with E-state index in [0.29, 0.717) is 5.02 Å². The molecule has 1 saturated heterocycles. The molecule has 1 heterocycles. The van der Waals surface area contributed by atoms with Crippen LogP contribution in [0.3, 0.4) is 0 Å². The SMILES string of the molecule is C[NH+](C)C[C@@H]1CSCC[C@@]1(O)c1ccccc1Cl. The molecule has 2 rings (SSSR count). The number of quaternary nitrogens is 1. The number of aliphatic hydroxyl groups is 1. The highest BCUT2D eigenvalue weighted by Crippen LogP contribution is 2.42. The van der Waals surface area contributed by atoms with E-state index in [1.807, 2.05) is 36.0 Å². The first-order valence-electron chi connectivity index (χ1n) is 6.38. The minimum absolute atomic E-state index is 0.265. The fourth-order valence-electron chi connectivity index (χ4n) is 2.68. The van der Waals surface area contributed by atoms with Crippen LogP contribution in [0.25, 0.3) is 0 Å². The molecule has 1 aromatic carbocycles. The monoisotopic (exact) mass is 286 g/mol. The van der Waals surface area contributed by atoms with Crippen molar-refractivity contribution < 1.29 is 10.0 Å². The lowest BCUT2D eigenvalue weighted by molar-refractivity contribution is -0.863. The molecule has 0 aromatic heterocycles. The van der Waals surface area contributed by atoms with Crippen molar-refractivity contribution in [1.82, 2.24) is 0 Å². The maximum absolute atomic E-state index is 11.1. The fourth-order valence-corrected chi connectivity index (χ4v) is 4.28. The number of thioether (sulfide) groups is 1. The Labute approximate surface area is 118 Å². The van der Waals surface area contributed by atoms with Crippen molar-refractivity contribution in [1.29, 1.82) is 0 Å². The van der Waals surface area contributed by atoms with Crippen molar-refractivity contribution in [3.8, 4) is 0 Å². The summed E-state index contributed by atoms with van der Waals surface area (Å²) in [7, 11) is 4.26. The molecule has 4 heteroatoms. The highest BCUT2D eigenvalue weighted by molar-refractivity contribution is 7.99. The van der Waals surface area contributed by atoms with E-state index in [9.17, 15) is 5.11 Å². The Morgan fingerprint density at radius 2 is 2.17 bits per heavy atom. The third-order valence-electron chi connectivity index (χ3n) is 3.62. The summed E-state index contributed by atoms with van der Waals surface area (Å²) in [4.78, 5) is 1.37. The van der Waals surface area contributed by atoms with Crippen LogP contribution >= 0.6 is 23.4 Å². The first kappa shape index (κ1) is 14.2. The van der Waals surface area contributed by atoms with Gasteiger partial charge >= 0.3 is 0 Å². The van der Waals surface area contributed by atoms with Gasteiger partial charge < -0.3 is 10.0 Å². The van der Waals surface area contributed by atoms with E-state index < -0.39 is 5.60 Å². The second kappa shape index (κ2) is 5.83. The van der Waals surface area contributed by atoms with Gasteiger partial charge in [0.1, 0.15) is 5.60 Å². The van der Waals surface area contributed by atoms with Gasteiger partial charge in [-0.25, -0.2) is 0 Å². The third kappa shape index (κ3) is 2.85. The highest BCUT2D eigenvalue weighted by Gasteiger charge is 2.43. The van der Waals surface area contributed by atoms with Crippen LogP contribution in [0.2, 0.25) is 5.02 Å². The number of hydrogen-bond acceptors (Lipinski definition) is 2. The van der Waals surface area contributed by atoms with Crippen LogP contribution in [0.5, 0.6) is 0 Å². The first-order valence-corrected chi connectivity index (χ1v) is 7.91. The number of halogens is 1. The minimum Gasteiger partial charge on any atom is -0.385 e. The number of nitrogens with one attached hydrogen (secondary N) is 1. The maximum atomic E-state index is 11.1. The van der Waals surface area contributed by atoms with Gasteiger partial charge in [0.25, 0.3) is 0 Å². The van der Waals surface area contributed by atoms with E-state index in [1.54, 1.807) is 0 Å². The summed E-state index contributed by atoms with van der Waals surface area (Å²) in [6.45, 7) is 0.967. The molecular weight excluding hydrogens is 266 g/mol. The van der Waals surface area contributed by atoms with Gasteiger partial charge in [-0.05, 0) is 18.2 Å². The van der Waals surface area contributed by atoms with E-state index in [4.69, 9.17) is 11.6 Å². The predicted molar refractivity (Wildman–Crippen MR) is 78.5 cm³/mol. The maximum Gasteiger partial charge on any atom is 0.101 e. The third-order valence-corrected chi connectivity index (χ3v) is 5.08. The second-order valence-electron chi connectivity index (χ2n) is 5.34. The van der Waals surface area contributed by atoms with Gasteiger partial charge in [0.15, 0.2) is 0 Å². The molecule has 18 heavy (non-hydrogen) atoms. The molecule has 2 N–H and O–H groups in total. The molecule has 0 aliphatic carbocycles. The Balaban J connectivity index is 2.33. The molecule has 1 aliphatic heterocycles. The van der Waals surface area contributed by atoms with Gasteiger partial charge in [-0.1, -0.05) is 29.8 Å². The summed E-state index contributed by atoms with van der Waals surface area (Å²) in [6.07, 6.45) is 0.791. The zero-order chi connectivity index (χ0) is 13.2. The Morgan fingerprint density at radius 1 is 1.44 bits per heavy atom. The summed E-state index contributed by atoms with van der Waals surface area (Å²) >= 11 is 8.21. The lowest BCUT2D eigenvalue weighted by Crippen LogP contribution is -3.07. The topological polar surface area (TPSA) is 24.7 Å². The Kier molecular flexibility index (Phi) is 4.59. The van der Waals surface area contributed by atoms with Crippen molar-refractivity contribution in [3.63, 3.8) is 0 Å². The normalized spacial score (nSPS) is 28.6. The van der Waals surface area contributed by atoms with E-state index in [-0.39, 0.29) is 5.92 Å². The smallest absolute Gasteiger partial charge is 0.101 e. The molecule has 0 saturated carbocycles. The fraction of sp³-hybridized carbons (Fsp3) is 0.571. The van der Waals surface area contributed by atoms with Crippen LogP contribution in [0, 0.1) is 5.92 Å². The minimum atomic E-state index is -0.763. The van der Waals surface area contributed by atoms with Gasteiger partial charge in [-0.2, -0.15) is 11.8 Å². The largest absolute Gasteiger partial charge is 0.385 e. The summed E-state index contributed by atoms with van der Waals surface area (Å²) < 4.78 is 0. The Morgan fingerprint density at radius 3 is 2.83 bits per heavy atom. The number of rotatable bonds is 3. The van der Waals surface area contributed by atoms with Crippen molar-refractivity contribution in [3.05, 3.63) is 34.9 Å². The van der Waals surface area contributed by atoms with Crippen molar-refractivity contribution >= 4 is 23.4 Å². The van der Waals surface area contributed by atoms with Crippen LogP contribution in [0.4, 0.5) is 0 Å². The molecule has 2 atom stereocenters. The van der Waals surface area contributed by atoms with Crippen LogP contribution in [0.1, 0.15) is 12.0 Å². The molecule has 1 aromatic rings. The van der Waals surface area contributed by atoms with Crippen molar-refractivity contribution in [2.24, 2.45) is 5.92 Å². The van der Waals surface area contributed by atoms with Crippen molar-refractivity contribution in [2.45, 2.75) is 12.0 Å². The van der Waals surface area contributed by atoms with E-state index in [1.165, 1.54) is 4.90 Å². The highest BCUT2D eigenvalue weighted by atomic mass is 35.5. The molecule has 0 bridgehead atoms. The second-order valence-corrected chi connectivity index (χ2v) is 6.89. The summed E-state index contributed by atoms with van der Waals surface area (Å²) in [5.74, 6) is 2.27. The molecule has 1 fully saturated rings. The number of hydrogen-bond donors (Lipinski definition) is 2. The Bertz CT molecular complexity index is 413. The lowest BCUT2D eigenvalue weighted by atomic mass is 9.79. The molecule has 0 spiro atoms. The van der Waals surface area contributed by atoms with Gasteiger partial charge in [0.05, 0.1) is 26.6 Å². The molecule has 1 aliphatic rings. The number of benzene rings is 1. The summed E-state index contributed by atoms with van der Waals surface area (Å²) in [5.41, 5.74) is 0.138. The molecule has 0 unspecified atom stereocenters. The van der Waals surface area contributed by atoms with E-state index in [0.717, 1.165) is 30.0 Å². The standard InChI is InChI=1S/C14H20ClNOS/c1-16(2)9-11-10-18-8-7-14(11,17)12-5-3-4-6-13(12)15/h3-6,11,17H,7-10H2,1-2H3/p+1/t11-,14+/m1/s1. The molecule has 0 amide bonds. The average Bonchev–Trinajstić information content (AvgIpc) is 2.32. The Hall–Kier alpha value is -0.220. The molecule has 0 radical (unpaired) electrons. The summed E-state index contributed by atoms with van der Waals surface area (Å²) in [6, 6.07) is 7.71. The predicted octanol–water partition coefficient (Wildman–Crippen LogP) is 1.43. The van der Waals surface area contributed by atoms with Gasteiger partial charge in [0.2, 0.25) is 0 Å². The van der Waals surface area contributed by atoms with Crippen LogP contribution in [-0.2, 0) is 5.60 Å². The molecule has 100 valence electrons. The van der Waals surface area contributed by atoms with Crippen LogP contribution < -0.4 is 4.90 Å². The first-order chi connectivity index (χ1) is 8.54. The average molecular weight is 287 g/mol. The van der Waals surface area contributed by atoms with Crippen LogP contribution in [-0.4, -0.2) is 37.3 Å². The van der Waals surface area contributed by atoms with Crippen molar-refractivity contribution in [2.75, 3.05) is 32.1 Å². The van der Waals surface area contributed by atoms with Gasteiger partial charge in [-0.15, -0.1) is 0 Å². The van der Waals surface area contributed by atoms with Gasteiger partial charge in [0, 0.05) is 16.3 Å². The zero-order valence-electron chi connectivity index (χ0n) is 10.9. The van der Waals surface area contributed by atoms with Gasteiger partial charge in [-0.3, -0.25) is 0 Å². The van der Waals surface area contributed by atoms with E-state index >= 15 is 0 Å².